The van der Waals surface area contributed by atoms with Crippen LogP contribution in [0.4, 0.5) is 11.4 Å². The standard InChI is InChI=1S/C13H18N4O3/c1-9-5-10(2)13(12(6-9)14-11(3)19)15-16-17(4)7-20-8-18/h5-6,8H,7H2,1-4H3,(H,14,19)/b16-15+. The topological polar surface area (TPSA) is 83.4 Å². The van der Waals surface area contributed by atoms with Crippen LogP contribution in [0.5, 0.6) is 0 Å². The summed E-state index contributed by atoms with van der Waals surface area (Å²) in [5.41, 5.74) is 3.08. The van der Waals surface area contributed by atoms with Gasteiger partial charge >= 0.3 is 0 Å². The molecule has 0 atom stereocenters. The molecule has 0 aliphatic carbocycles. The molecule has 1 N–H and O–H groups in total. The number of aryl methyl sites for hydroxylation is 2. The van der Waals surface area contributed by atoms with Gasteiger partial charge in [0.05, 0.1) is 5.69 Å². The fraction of sp³-hybridized carbons (Fsp3) is 0.385. The molecule has 1 rings (SSSR count). The zero-order chi connectivity index (χ0) is 15.1. The van der Waals surface area contributed by atoms with Crippen molar-refractivity contribution in [2.75, 3.05) is 19.1 Å². The average molecular weight is 278 g/mol. The summed E-state index contributed by atoms with van der Waals surface area (Å²) in [5, 5.41) is 12.1. The van der Waals surface area contributed by atoms with Gasteiger partial charge < -0.3 is 10.1 Å². The van der Waals surface area contributed by atoms with E-state index < -0.39 is 0 Å². The van der Waals surface area contributed by atoms with Crippen molar-refractivity contribution in [2.45, 2.75) is 20.8 Å². The number of amides is 1. The molecule has 0 heterocycles. The van der Waals surface area contributed by atoms with Gasteiger partial charge in [0, 0.05) is 14.0 Å². The van der Waals surface area contributed by atoms with Crippen LogP contribution < -0.4 is 5.32 Å². The van der Waals surface area contributed by atoms with Crippen LogP contribution in [0.15, 0.2) is 22.5 Å². The van der Waals surface area contributed by atoms with Crippen molar-refractivity contribution in [1.29, 1.82) is 0 Å². The molecule has 0 radical (unpaired) electrons. The molecule has 1 aromatic rings. The van der Waals surface area contributed by atoms with Gasteiger partial charge in [-0.1, -0.05) is 11.3 Å². The Bertz CT molecular complexity index is 529. The number of hydrogen-bond acceptors (Lipinski definition) is 5. The van der Waals surface area contributed by atoms with Gasteiger partial charge in [-0.25, -0.2) is 5.01 Å². The molecule has 7 nitrogen and oxygen atoms in total. The number of hydrogen-bond donors (Lipinski definition) is 1. The van der Waals surface area contributed by atoms with E-state index in [4.69, 9.17) is 0 Å². The predicted molar refractivity (Wildman–Crippen MR) is 74.5 cm³/mol. The smallest absolute Gasteiger partial charge is 0.294 e. The third kappa shape index (κ3) is 4.68. The Labute approximate surface area is 117 Å². The second-order valence-electron chi connectivity index (χ2n) is 4.40. The predicted octanol–water partition coefficient (Wildman–Crippen LogP) is 2.32. The number of nitrogens with zero attached hydrogens (tertiary/aromatic N) is 3. The van der Waals surface area contributed by atoms with Crippen LogP contribution in [0.1, 0.15) is 18.1 Å². The third-order valence-corrected chi connectivity index (χ3v) is 2.38. The Morgan fingerprint density at radius 2 is 2.15 bits per heavy atom. The highest BCUT2D eigenvalue weighted by atomic mass is 16.5. The van der Waals surface area contributed by atoms with Crippen molar-refractivity contribution >= 4 is 23.8 Å². The number of carbonyl (C=O) groups is 2. The Morgan fingerprint density at radius 3 is 2.75 bits per heavy atom. The molecule has 0 aliphatic rings. The highest BCUT2D eigenvalue weighted by Gasteiger charge is 2.08. The molecule has 0 saturated heterocycles. The molecule has 0 saturated carbocycles. The molecule has 20 heavy (non-hydrogen) atoms. The number of ether oxygens (including phenoxy) is 1. The summed E-state index contributed by atoms with van der Waals surface area (Å²) >= 11 is 0. The first-order valence-electron chi connectivity index (χ1n) is 6.01. The second kappa shape index (κ2) is 7.22. The van der Waals surface area contributed by atoms with Crippen molar-refractivity contribution in [3.8, 4) is 0 Å². The van der Waals surface area contributed by atoms with E-state index in [2.05, 4.69) is 20.4 Å². The quantitative estimate of drug-likeness (QED) is 0.374. The molecule has 0 aliphatic heterocycles. The summed E-state index contributed by atoms with van der Waals surface area (Å²) in [5.74, 6) is -0.177. The lowest BCUT2D eigenvalue weighted by atomic mass is 10.1. The van der Waals surface area contributed by atoms with E-state index in [-0.39, 0.29) is 12.6 Å². The molecule has 1 amide bonds. The summed E-state index contributed by atoms with van der Waals surface area (Å²) in [6.45, 7) is 5.60. The number of anilines is 1. The minimum absolute atomic E-state index is 0.00732. The van der Waals surface area contributed by atoms with Gasteiger partial charge in [-0.2, -0.15) is 0 Å². The fourth-order valence-electron chi connectivity index (χ4n) is 1.66. The van der Waals surface area contributed by atoms with Crippen LogP contribution in [0, 0.1) is 13.8 Å². The maximum atomic E-state index is 11.2. The highest BCUT2D eigenvalue weighted by molar-refractivity contribution is 5.92. The minimum Gasteiger partial charge on any atom is -0.445 e. The number of benzene rings is 1. The van der Waals surface area contributed by atoms with Gasteiger partial charge in [0.2, 0.25) is 5.91 Å². The molecule has 0 spiro atoms. The molecule has 0 unspecified atom stereocenters. The van der Waals surface area contributed by atoms with Gasteiger partial charge in [0.15, 0.2) is 6.73 Å². The van der Waals surface area contributed by atoms with Crippen LogP contribution in [-0.2, 0) is 14.3 Å². The summed E-state index contributed by atoms with van der Waals surface area (Å²) in [6.07, 6.45) is 0. The molecule has 7 heteroatoms. The summed E-state index contributed by atoms with van der Waals surface area (Å²) in [4.78, 5) is 21.3. The zero-order valence-electron chi connectivity index (χ0n) is 12.0. The molecule has 108 valence electrons. The van der Waals surface area contributed by atoms with E-state index in [9.17, 15) is 9.59 Å². The van der Waals surface area contributed by atoms with Crippen LogP contribution in [0.3, 0.4) is 0 Å². The molecule has 0 bridgehead atoms. The average Bonchev–Trinajstić information content (AvgIpc) is 2.34. The fourth-order valence-corrected chi connectivity index (χ4v) is 1.66. The monoisotopic (exact) mass is 278 g/mol. The summed E-state index contributed by atoms with van der Waals surface area (Å²) in [6, 6.07) is 3.77. The zero-order valence-corrected chi connectivity index (χ0v) is 12.0. The lowest BCUT2D eigenvalue weighted by molar-refractivity contribution is -0.132. The third-order valence-electron chi connectivity index (χ3n) is 2.38. The lowest BCUT2D eigenvalue weighted by Gasteiger charge is -2.12. The van der Waals surface area contributed by atoms with E-state index in [1.54, 1.807) is 7.05 Å². The first-order chi connectivity index (χ1) is 9.43. The number of rotatable bonds is 6. The lowest BCUT2D eigenvalue weighted by Crippen LogP contribution is -2.14. The van der Waals surface area contributed by atoms with Crippen LogP contribution in [-0.4, -0.2) is 31.2 Å². The van der Waals surface area contributed by atoms with Crippen molar-refractivity contribution in [3.05, 3.63) is 23.3 Å². The van der Waals surface area contributed by atoms with Crippen LogP contribution in [0.2, 0.25) is 0 Å². The van der Waals surface area contributed by atoms with E-state index in [0.717, 1.165) is 11.1 Å². The van der Waals surface area contributed by atoms with Crippen molar-refractivity contribution < 1.29 is 14.3 Å². The minimum atomic E-state index is -0.177. The maximum Gasteiger partial charge on any atom is 0.294 e. The SMILES string of the molecule is CC(=O)Nc1cc(C)cc(C)c1/N=N/N(C)COC=O. The first-order valence-corrected chi connectivity index (χ1v) is 6.01. The van der Waals surface area contributed by atoms with E-state index in [1.165, 1.54) is 11.9 Å². The van der Waals surface area contributed by atoms with Crippen molar-refractivity contribution in [1.82, 2.24) is 5.01 Å². The Hall–Kier alpha value is -2.44. The van der Waals surface area contributed by atoms with E-state index in [0.29, 0.717) is 17.8 Å². The number of nitrogens with one attached hydrogen (secondary N) is 1. The molecular formula is C13H18N4O3. The van der Waals surface area contributed by atoms with Gasteiger partial charge in [0.25, 0.3) is 6.47 Å². The Morgan fingerprint density at radius 1 is 1.45 bits per heavy atom. The van der Waals surface area contributed by atoms with Crippen LogP contribution in [0.25, 0.3) is 0 Å². The molecule has 0 aromatic heterocycles. The maximum absolute atomic E-state index is 11.2. The van der Waals surface area contributed by atoms with E-state index in [1.807, 2.05) is 26.0 Å². The van der Waals surface area contributed by atoms with Gasteiger partial charge in [-0.3, -0.25) is 9.59 Å². The largest absolute Gasteiger partial charge is 0.445 e. The first kappa shape index (κ1) is 15.6. The summed E-state index contributed by atoms with van der Waals surface area (Å²) in [7, 11) is 1.62. The van der Waals surface area contributed by atoms with E-state index >= 15 is 0 Å². The van der Waals surface area contributed by atoms with Gasteiger partial charge in [0.1, 0.15) is 5.69 Å². The normalized spacial score (nSPS) is 10.4. The van der Waals surface area contributed by atoms with Gasteiger partial charge in [-0.05, 0) is 31.0 Å². The highest BCUT2D eigenvalue weighted by Crippen LogP contribution is 2.31. The van der Waals surface area contributed by atoms with Gasteiger partial charge in [-0.15, -0.1) is 5.11 Å². The van der Waals surface area contributed by atoms with Crippen molar-refractivity contribution in [2.24, 2.45) is 10.3 Å². The van der Waals surface area contributed by atoms with Crippen LogP contribution >= 0.6 is 0 Å². The second-order valence-corrected chi connectivity index (χ2v) is 4.40. The Kier molecular flexibility index (Phi) is 5.64. The molecule has 0 fully saturated rings. The molecule has 1 aromatic carbocycles. The molecular weight excluding hydrogens is 260 g/mol. The number of carbonyl (C=O) groups excluding carboxylic acids is 2. The summed E-state index contributed by atoms with van der Waals surface area (Å²) < 4.78 is 4.55. The van der Waals surface area contributed by atoms with Crippen molar-refractivity contribution in [3.63, 3.8) is 0 Å². The Balaban J connectivity index is 3.00.